The third-order valence-corrected chi connectivity index (χ3v) is 3.25. The van der Waals surface area contributed by atoms with Crippen LogP contribution >= 0.6 is 11.6 Å². The number of carbonyl (C=O) groups excluding carboxylic acids is 1. The molecule has 0 aliphatic heterocycles. The molecule has 0 spiro atoms. The fourth-order valence-corrected chi connectivity index (χ4v) is 2.05. The molecule has 2 aromatic carbocycles. The molecule has 21 heavy (non-hydrogen) atoms. The monoisotopic (exact) mass is 304 g/mol. The smallest absolute Gasteiger partial charge is 0.293 e. The molecule has 0 unspecified atom stereocenters. The Morgan fingerprint density at radius 2 is 2.05 bits per heavy atom. The van der Waals surface area contributed by atoms with Gasteiger partial charge in [-0.3, -0.25) is 14.9 Å². The average Bonchev–Trinajstić information content (AvgIpc) is 2.48. The number of hydrogen-bond acceptors (Lipinski definition) is 3. The molecule has 6 heteroatoms. The molecule has 2 aromatic rings. The van der Waals surface area contributed by atoms with Crippen molar-refractivity contribution in [3.63, 3.8) is 0 Å². The highest BCUT2D eigenvalue weighted by Gasteiger charge is 2.16. The van der Waals surface area contributed by atoms with Gasteiger partial charge in [0.15, 0.2) is 0 Å². The van der Waals surface area contributed by atoms with Crippen molar-refractivity contribution in [1.29, 1.82) is 0 Å². The van der Waals surface area contributed by atoms with Crippen molar-refractivity contribution in [1.82, 2.24) is 0 Å². The van der Waals surface area contributed by atoms with Gasteiger partial charge in [0.1, 0.15) is 5.69 Å². The van der Waals surface area contributed by atoms with Crippen LogP contribution in [0.1, 0.15) is 21.5 Å². The van der Waals surface area contributed by atoms with E-state index < -0.39 is 10.8 Å². The maximum Gasteiger partial charge on any atom is 0.293 e. The molecule has 0 atom stereocenters. The number of amides is 1. The third kappa shape index (κ3) is 3.58. The van der Waals surface area contributed by atoms with Crippen LogP contribution in [-0.2, 0) is 5.88 Å². The maximum atomic E-state index is 12.2. The molecule has 0 bridgehead atoms. The number of nitrogens with zero attached hydrogens (tertiary/aromatic N) is 1. The second kappa shape index (κ2) is 6.37. The Kier molecular flexibility index (Phi) is 4.55. The second-order valence-electron chi connectivity index (χ2n) is 4.57. The van der Waals surface area contributed by atoms with Crippen molar-refractivity contribution in [3.05, 3.63) is 69.3 Å². The molecule has 0 aliphatic rings. The number of aryl methyl sites for hydroxylation is 1. The molecule has 5 nitrogen and oxygen atoms in total. The summed E-state index contributed by atoms with van der Waals surface area (Å²) in [5.74, 6) is -0.111. The van der Waals surface area contributed by atoms with Gasteiger partial charge >= 0.3 is 0 Å². The second-order valence-corrected chi connectivity index (χ2v) is 4.83. The average molecular weight is 305 g/mol. The number of anilines is 1. The minimum atomic E-state index is -0.516. The van der Waals surface area contributed by atoms with Crippen LogP contribution in [0.2, 0.25) is 0 Å². The number of halogens is 1. The van der Waals surface area contributed by atoms with E-state index in [0.717, 1.165) is 11.1 Å². The lowest BCUT2D eigenvalue weighted by atomic mass is 10.1. The summed E-state index contributed by atoms with van der Waals surface area (Å²) in [6.45, 7) is 1.75. The molecule has 1 amide bonds. The van der Waals surface area contributed by atoms with Crippen molar-refractivity contribution in [2.75, 3.05) is 5.32 Å². The highest BCUT2D eigenvalue weighted by Crippen LogP contribution is 2.25. The molecule has 0 radical (unpaired) electrons. The summed E-state index contributed by atoms with van der Waals surface area (Å²) in [5, 5.41) is 13.6. The number of alkyl halides is 1. The molecule has 0 heterocycles. The molecule has 0 fully saturated rings. The lowest BCUT2D eigenvalue weighted by Gasteiger charge is -2.07. The van der Waals surface area contributed by atoms with Gasteiger partial charge in [-0.05, 0) is 36.2 Å². The van der Waals surface area contributed by atoms with Crippen molar-refractivity contribution in [2.45, 2.75) is 12.8 Å². The van der Waals surface area contributed by atoms with Crippen molar-refractivity contribution >= 4 is 28.9 Å². The van der Waals surface area contributed by atoms with E-state index in [0.29, 0.717) is 11.4 Å². The van der Waals surface area contributed by atoms with Gasteiger partial charge in [0.2, 0.25) is 0 Å². The third-order valence-electron chi connectivity index (χ3n) is 2.94. The Hall–Kier alpha value is -2.40. The normalized spacial score (nSPS) is 10.2. The fourth-order valence-electron chi connectivity index (χ4n) is 1.89. The lowest BCUT2D eigenvalue weighted by Crippen LogP contribution is -2.13. The predicted octanol–water partition coefficient (Wildman–Crippen LogP) is 3.89. The van der Waals surface area contributed by atoms with Gasteiger partial charge < -0.3 is 5.32 Å². The Labute approximate surface area is 126 Å². The number of nitrogens with one attached hydrogen (secondary N) is 1. The number of rotatable bonds is 4. The molecule has 108 valence electrons. The zero-order valence-electron chi connectivity index (χ0n) is 11.3. The zero-order valence-corrected chi connectivity index (χ0v) is 12.1. The fraction of sp³-hybridized carbons (Fsp3) is 0.133. The molecule has 0 aliphatic carbocycles. The summed E-state index contributed by atoms with van der Waals surface area (Å²) in [4.78, 5) is 22.7. The van der Waals surface area contributed by atoms with E-state index in [-0.39, 0.29) is 11.4 Å². The Balaban J connectivity index is 2.29. The highest BCUT2D eigenvalue weighted by molar-refractivity contribution is 6.17. The van der Waals surface area contributed by atoms with Crippen LogP contribution in [0.15, 0.2) is 42.5 Å². The van der Waals surface area contributed by atoms with Gasteiger partial charge in [-0.2, -0.15) is 0 Å². The van der Waals surface area contributed by atoms with Crippen LogP contribution in [0, 0.1) is 17.0 Å². The quantitative estimate of drug-likeness (QED) is 0.529. The van der Waals surface area contributed by atoms with E-state index in [1.54, 1.807) is 37.3 Å². The first-order valence-corrected chi connectivity index (χ1v) is 6.76. The van der Waals surface area contributed by atoms with E-state index in [9.17, 15) is 14.9 Å². The first-order chi connectivity index (χ1) is 10.0. The first-order valence-electron chi connectivity index (χ1n) is 6.22. The maximum absolute atomic E-state index is 12.2. The van der Waals surface area contributed by atoms with Gasteiger partial charge in [0, 0.05) is 17.5 Å². The van der Waals surface area contributed by atoms with Crippen LogP contribution in [0.5, 0.6) is 0 Å². The minimum absolute atomic E-state index is 0.128. The summed E-state index contributed by atoms with van der Waals surface area (Å²) in [6.07, 6.45) is 0. The summed E-state index contributed by atoms with van der Waals surface area (Å²) >= 11 is 5.73. The van der Waals surface area contributed by atoms with Crippen LogP contribution in [-0.4, -0.2) is 10.8 Å². The molecular formula is C15H13ClN2O3. The van der Waals surface area contributed by atoms with Crippen LogP contribution in [0.25, 0.3) is 0 Å². The van der Waals surface area contributed by atoms with Crippen LogP contribution in [0.4, 0.5) is 11.4 Å². The number of carbonyl (C=O) groups is 1. The van der Waals surface area contributed by atoms with Gasteiger partial charge in [0.25, 0.3) is 11.6 Å². The number of benzene rings is 2. The number of nitro benzene ring substituents is 1. The summed E-state index contributed by atoms with van der Waals surface area (Å²) in [7, 11) is 0. The van der Waals surface area contributed by atoms with Crippen LogP contribution < -0.4 is 5.32 Å². The topological polar surface area (TPSA) is 72.2 Å². The van der Waals surface area contributed by atoms with Gasteiger partial charge in [-0.1, -0.05) is 18.2 Å². The molecular weight excluding hydrogens is 292 g/mol. The standard InChI is InChI=1S/C15H13ClN2O3/c1-10-5-6-13(14(7-10)18(20)21)17-15(19)12-4-2-3-11(8-12)9-16/h2-8H,9H2,1H3,(H,17,19). The Morgan fingerprint density at radius 3 is 2.71 bits per heavy atom. The van der Waals surface area contributed by atoms with Gasteiger partial charge in [-0.15, -0.1) is 11.6 Å². The van der Waals surface area contributed by atoms with Gasteiger partial charge in [-0.25, -0.2) is 0 Å². The zero-order chi connectivity index (χ0) is 15.4. The molecule has 1 N–H and O–H groups in total. The number of hydrogen-bond donors (Lipinski definition) is 1. The number of nitro groups is 1. The molecule has 2 rings (SSSR count). The summed E-state index contributed by atoms with van der Waals surface area (Å²) < 4.78 is 0. The predicted molar refractivity (Wildman–Crippen MR) is 81.8 cm³/mol. The largest absolute Gasteiger partial charge is 0.316 e. The van der Waals surface area contributed by atoms with E-state index >= 15 is 0 Å². The molecule has 0 saturated carbocycles. The van der Waals surface area contributed by atoms with E-state index in [1.165, 1.54) is 12.1 Å². The summed E-state index contributed by atoms with van der Waals surface area (Å²) in [6, 6.07) is 11.5. The highest BCUT2D eigenvalue weighted by atomic mass is 35.5. The van der Waals surface area contributed by atoms with Crippen molar-refractivity contribution < 1.29 is 9.72 Å². The van der Waals surface area contributed by atoms with E-state index in [4.69, 9.17) is 11.6 Å². The molecule has 0 saturated heterocycles. The summed E-state index contributed by atoms with van der Waals surface area (Å²) in [5.41, 5.74) is 2.01. The molecule has 0 aromatic heterocycles. The minimum Gasteiger partial charge on any atom is -0.316 e. The SMILES string of the molecule is Cc1ccc(NC(=O)c2cccc(CCl)c2)c([N+](=O)[O-])c1. The first kappa shape index (κ1) is 15.0. The lowest BCUT2D eigenvalue weighted by molar-refractivity contribution is -0.384. The Bertz CT molecular complexity index is 701. The van der Waals surface area contributed by atoms with Gasteiger partial charge in [0.05, 0.1) is 4.92 Å². The Morgan fingerprint density at radius 1 is 1.29 bits per heavy atom. The van der Waals surface area contributed by atoms with Crippen LogP contribution in [0.3, 0.4) is 0 Å². The van der Waals surface area contributed by atoms with Crippen molar-refractivity contribution in [2.24, 2.45) is 0 Å². The van der Waals surface area contributed by atoms with Crippen molar-refractivity contribution in [3.8, 4) is 0 Å². The van der Waals surface area contributed by atoms with E-state index in [2.05, 4.69) is 5.32 Å². The van der Waals surface area contributed by atoms with E-state index in [1.807, 2.05) is 0 Å².